The highest BCUT2D eigenvalue weighted by Gasteiger charge is 2.41. The van der Waals surface area contributed by atoms with E-state index in [2.05, 4.69) is 35.3 Å². The predicted octanol–water partition coefficient (Wildman–Crippen LogP) is 6.01. The fraction of sp³-hybridized carbons (Fsp3) is 0.429. The van der Waals surface area contributed by atoms with Crippen molar-refractivity contribution in [1.82, 2.24) is 9.88 Å². The zero-order valence-corrected chi connectivity index (χ0v) is 20.4. The number of hydrogen-bond acceptors (Lipinski definition) is 5. The van der Waals surface area contributed by atoms with Gasteiger partial charge in [0.1, 0.15) is 22.5 Å². The third kappa shape index (κ3) is 4.29. The molecule has 2 aliphatic rings. The minimum Gasteiger partial charge on any atom is -0.494 e. The first-order chi connectivity index (χ1) is 16.3. The Morgan fingerprint density at radius 2 is 1.88 bits per heavy atom. The van der Waals surface area contributed by atoms with Crippen LogP contribution in [0.15, 0.2) is 48.7 Å². The lowest BCUT2D eigenvalue weighted by Gasteiger charge is -2.44. The first-order valence-electron chi connectivity index (χ1n) is 12.0. The predicted molar refractivity (Wildman–Crippen MR) is 132 cm³/mol. The number of piperidine rings is 1. The molecule has 6 heteroatoms. The molecule has 0 atom stereocenters. The third-order valence-electron chi connectivity index (χ3n) is 6.81. The van der Waals surface area contributed by atoms with Crippen LogP contribution in [0.5, 0.6) is 11.5 Å². The minimum absolute atomic E-state index is 0.211. The van der Waals surface area contributed by atoms with Crippen LogP contribution in [0.1, 0.15) is 45.6 Å². The number of likely N-dealkylation sites (tertiary alicyclic amines) is 1. The standard InChI is InChI=1S/C28H32N2O4/c1-27(2,3)34-26(31)30-16-13-28(14-17-30)12-11-21-18-20(8-10-23(21)33-28)22-9-7-19-6-5-15-29-24(19)25(22)32-4/h5-10,15,18H,11-14,16-17H2,1-4H3. The van der Waals surface area contributed by atoms with Gasteiger partial charge in [-0.1, -0.05) is 18.2 Å². The van der Waals surface area contributed by atoms with Gasteiger partial charge in [0.15, 0.2) is 5.75 Å². The van der Waals surface area contributed by atoms with Crippen molar-refractivity contribution >= 4 is 17.0 Å². The number of rotatable bonds is 2. The molecule has 1 spiro atoms. The normalized spacial score (nSPS) is 17.2. The summed E-state index contributed by atoms with van der Waals surface area (Å²) in [6.07, 6.45) is 5.09. The zero-order chi connectivity index (χ0) is 23.9. The van der Waals surface area contributed by atoms with Gasteiger partial charge in [-0.05, 0) is 69.0 Å². The van der Waals surface area contributed by atoms with Gasteiger partial charge in [0, 0.05) is 43.1 Å². The Balaban J connectivity index is 1.34. The lowest BCUT2D eigenvalue weighted by atomic mass is 9.82. The molecule has 0 aliphatic carbocycles. The number of hydrogen-bond donors (Lipinski definition) is 0. The highest BCUT2D eigenvalue weighted by molar-refractivity contribution is 5.92. The van der Waals surface area contributed by atoms with E-state index in [1.807, 2.05) is 32.9 Å². The lowest BCUT2D eigenvalue weighted by molar-refractivity contribution is -0.0272. The topological polar surface area (TPSA) is 60.9 Å². The Morgan fingerprint density at radius 3 is 2.62 bits per heavy atom. The number of methoxy groups -OCH3 is 1. The Hall–Kier alpha value is -3.28. The summed E-state index contributed by atoms with van der Waals surface area (Å²) in [5, 5.41) is 1.06. The molecule has 0 unspecified atom stereocenters. The summed E-state index contributed by atoms with van der Waals surface area (Å²) in [5.41, 5.74) is 3.52. The van der Waals surface area contributed by atoms with Gasteiger partial charge < -0.3 is 19.1 Å². The van der Waals surface area contributed by atoms with E-state index in [1.165, 1.54) is 5.56 Å². The van der Waals surface area contributed by atoms with Gasteiger partial charge in [-0.15, -0.1) is 0 Å². The van der Waals surface area contributed by atoms with Gasteiger partial charge in [-0.3, -0.25) is 4.98 Å². The van der Waals surface area contributed by atoms with Crippen LogP contribution in [0.25, 0.3) is 22.0 Å². The highest BCUT2D eigenvalue weighted by atomic mass is 16.6. The summed E-state index contributed by atoms with van der Waals surface area (Å²) >= 11 is 0. The van der Waals surface area contributed by atoms with Crippen LogP contribution in [-0.2, 0) is 11.2 Å². The summed E-state index contributed by atoms with van der Waals surface area (Å²) in [7, 11) is 1.70. The molecule has 0 saturated carbocycles. The number of pyridine rings is 1. The molecule has 6 nitrogen and oxygen atoms in total. The molecule has 0 bridgehead atoms. The third-order valence-corrected chi connectivity index (χ3v) is 6.81. The first-order valence-corrected chi connectivity index (χ1v) is 12.0. The summed E-state index contributed by atoms with van der Waals surface area (Å²) in [4.78, 5) is 18.8. The summed E-state index contributed by atoms with van der Waals surface area (Å²) in [5.74, 6) is 1.74. The maximum Gasteiger partial charge on any atom is 0.410 e. The largest absolute Gasteiger partial charge is 0.494 e. The lowest BCUT2D eigenvalue weighted by Crippen LogP contribution is -2.52. The average Bonchev–Trinajstić information content (AvgIpc) is 2.82. The van der Waals surface area contributed by atoms with E-state index in [0.717, 1.165) is 59.2 Å². The molecule has 5 rings (SSSR count). The van der Waals surface area contributed by atoms with Crippen molar-refractivity contribution in [3.05, 3.63) is 54.2 Å². The van der Waals surface area contributed by atoms with Crippen molar-refractivity contribution in [2.24, 2.45) is 0 Å². The van der Waals surface area contributed by atoms with Gasteiger partial charge in [0.05, 0.1) is 7.11 Å². The maximum absolute atomic E-state index is 12.4. The molecule has 3 aromatic rings. The molecule has 1 amide bonds. The summed E-state index contributed by atoms with van der Waals surface area (Å²) < 4.78 is 17.9. The van der Waals surface area contributed by atoms with Gasteiger partial charge in [0.25, 0.3) is 0 Å². The summed E-state index contributed by atoms with van der Waals surface area (Å²) in [6, 6.07) is 14.6. The highest BCUT2D eigenvalue weighted by Crippen LogP contribution is 2.43. The average molecular weight is 461 g/mol. The molecular formula is C28H32N2O4. The Bertz CT molecular complexity index is 1220. The van der Waals surface area contributed by atoms with E-state index in [9.17, 15) is 4.79 Å². The number of carbonyl (C=O) groups is 1. The van der Waals surface area contributed by atoms with Crippen LogP contribution < -0.4 is 9.47 Å². The van der Waals surface area contributed by atoms with Crippen LogP contribution in [0.2, 0.25) is 0 Å². The molecule has 0 N–H and O–H groups in total. The summed E-state index contributed by atoms with van der Waals surface area (Å²) in [6.45, 7) is 7.01. The van der Waals surface area contributed by atoms with Crippen LogP contribution in [0, 0.1) is 0 Å². The molecule has 0 radical (unpaired) electrons. The second-order valence-electron chi connectivity index (χ2n) is 10.3. The van der Waals surface area contributed by atoms with Crippen molar-refractivity contribution < 1.29 is 19.0 Å². The van der Waals surface area contributed by atoms with Crippen LogP contribution in [0.3, 0.4) is 0 Å². The fourth-order valence-electron chi connectivity index (χ4n) is 5.02. The van der Waals surface area contributed by atoms with Crippen molar-refractivity contribution in [3.63, 3.8) is 0 Å². The van der Waals surface area contributed by atoms with Crippen LogP contribution in [-0.4, -0.2) is 47.4 Å². The van der Waals surface area contributed by atoms with E-state index in [-0.39, 0.29) is 11.7 Å². The van der Waals surface area contributed by atoms with E-state index in [0.29, 0.717) is 13.1 Å². The maximum atomic E-state index is 12.4. The molecule has 2 aromatic carbocycles. The number of amides is 1. The fourth-order valence-corrected chi connectivity index (χ4v) is 5.02. The molecule has 3 heterocycles. The number of carbonyl (C=O) groups excluding carboxylic acids is 1. The van der Waals surface area contributed by atoms with E-state index in [1.54, 1.807) is 18.2 Å². The first kappa shape index (κ1) is 22.5. The van der Waals surface area contributed by atoms with Gasteiger partial charge in [-0.25, -0.2) is 4.79 Å². The zero-order valence-electron chi connectivity index (χ0n) is 20.4. The molecule has 1 fully saturated rings. The van der Waals surface area contributed by atoms with Gasteiger partial charge in [0.2, 0.25) is 0 Å². The van der Waals surface area contributed by atoms with Gasteiger partial charge in [-0.2, -0.15) is 0 Å². The van der Waals surface area contributed by atoms with Gasteiger partial charge >= 0.3 is 6.09 Å². The number of benzene rings is 2. The number of fused-ring (bicyclic) bond motifs is 2. The number of aryl methyl sites for hydroxylation is 1. The number of nitrogens with zero attached hydrogens (tertiary/aromatic N) is 2. The molecule has 178 valence electrons. The van der Waals surface area contributed by atoms with E-state index in [4.69, 9.17) is 14.2 Å². The molecule has 1 saturated heterocycles. The Labute approximate surface area is 200 Å². The Morgan fingerprint density at radius 1 is 1.09 bits per heavy atom. The smallest absolute Gasteiger partial charge is 0.410 e. The Kier molecular flexibility index (Phi) is 5.62. The van der Waals surface area contributed by atoms with Crippen molar-refractivity contribution in [3.8, 4) is 22.6 Å². The number of ether oxygens (including phenoxy) is 3. The molecule has 2 aliphatic heterocycles. The second kappa shape index (κ2) is 8.49. The molecular weight excluding hydrogens is 428 g/mol. The van der Waals surface area contributed by atoms with Crippen LogP contribution in [0.4, 0.5) is 4.79 Å². The monoisotopic (exact) mass is 460 g/mol. The van der Waals surface area contributed by atoms with Crippen molar-refractivity contribution in [2.45, 2.75) is 57.7 Å². The minimum atomic E-state index is -0.478. The number of aromatic nitrogens is 1. The second-order valence-corrected chi connectivity index (χ2v) is 10.3. The van der Waals surface area contributed by atoms with E-state index >= 15 is 0 Å². The quantitative estimate of drug-likeness (QED) is 0.469. The van der Waals surface area contributed by atoms with Crippen molar-refractivity contribution in [1.29, 1.82) is 0 Å². The molecule has 1 aromatic heterocycles. The molecule has 34 heavy (non-hydrogen) atoms. The van der Waals surface area contributed by atoms with Crippen LogP contribution >= 0.6 is 0 Å². The van der Waals surface area contributed by atoms with Crippen molar-refractivity contribution in [2.75, 3.05) is 20.2 Å². The SMILES string of the molecule is COc1c(-c2ccc3c(c2)CCC2(CCN(C(=O)OC(C)(C)C)CC2)O3)ccc2cccnc12. The van der Waals surface area contributed by atoms with E-state index < -0.39 is 5.60 Å².